The molecule has 1 amide bonds. The number of amides is 1. The van der Waals surface area contributed by atoms with Crippen LogP contribution in [-0.2, 0) is 14.3 Å². The van der Waals surface area contributed by atoms with Gasteiger partial charge in [0.2, 0.25) is 5.91 Å². The van der Waals surface area contributed by atoms with Gasteiger partial charge in [0.15, 0.2) is 0 Å². The number of carboxylic acid groups (broad SMARTS) is 1. The summed E-state index contributed by atoms with van der Waals surface area (Å²) in [6.45, 7) is 8.18. The minimum Gasteiger partial charge on any atom is -0.481 e. The van der Waals surface area contributed by atoms with Crippen LogP contribution in [0.15, 0.2) is 0 Å². The Balaban J connectivity index is 2.14. The molecule has 0 aromatic heterocycles. The number of hydrogen-bond donors (Lipinski definition) is 2. The lowest BCUT2D eigenvalue weighted by atomic mass is 9.95. The highest BCUT2D eigenvalue weighted by molar-refractivity contribution is 5.84. The number of carbonyl (C=O) groups is 2. The lowest BCUT2D eigenvalue weighted by Gasteiger charge is -2.26. The summed E-state index contributed by atoms with van der Waals surface area (Å²) < 4.78 is 5.26. The third-order valence-corrected chi connectivity index (χ3v) is 3.61. The molecule has 0 bridgehead atoms. The Hall–Kier alpha value is -1.14. The molecule has 0 saturated carbocycles. The van der Waals surface area contributed by atoms with Crippen molar-refractivity contribution in [3.05, 3.63) is 0 Å². The first-order valence-corrected chi connectivity index (χ1v) is 6.83. The Kier molecular flexibility index (Phi) is 6.80. The summed E-state index contributed by atoms with van der Waals surface area (Å²) in [6.07, 6.45) is 0.875. The SMILES string of the molecule is CC(C(=O)O)C(C)C(=O)NCCCN1CCOCC1. The van der Waals surface area contributed by atoms with E-state index in [-0.39, 0.29) is 5.91 Å². The molecule has 0 radical (unpaired) electrons. The number of carbonyl (C=O) groups excluding carboxylic acids is 1. The van der Waals surface area contributed by atoms with Gasteiger partial charge < -0.3 is 15.2 Å². The van der Waals surface area contributed by atoms with Crippen LogP contribution in [0.5, 0.6) is 0 Å². The Bertz CT molecular complexity index is 303. The van der Waals surface area contributed by atoms with E-state index in [0.29, 0.717) is 6.54 Å². The molecule has 0 aromatic rings. The molecule has 1 rings (SSSR count). The van der Waals surface area contributed by atoms with Crippen LogP contribution in [0.2, 0.25) is 0 Å². The van der Waals surface area contributed by atoms with Gasteiger partial charge in [-0.15, -0.1) is 0 Å². The van der Waals surface area contributed by atoms with Crippen molar-refractivity contribution in [3.63, 3.8) is 0 Å². The van der Waals surface area contributed by atoms with E-state index in [0.717, 1.165) is 39.3 Å². The fourth-order valence-corrected chi connectivity index (χ4v) is 1.94. The number of morpholine rings is 1. The van der Waals surface area contributed by atoms with E-state index in [1.807, 2.05) is 0 Å². The van der Waals surface area contributed by atoms with Crippen LogP contribution in [0.3, 0.4) is 0 Å². The molecular formula is C13H24N2O4. The van der Waals surface area contributed by atoms with Crippen LogP contribution in [0.1, 0.15) is 20.3 Å². The van der Waals surface area contributed by atoms with Gasteiger partial charge in [-0.05, 0) is 13.0 Å². The van der Waals surface area contributed by atoms with Crippen molar-refractivity contribution in [2.75, 3.05) is 39.4 Å². The molecule has 110 valence electrons. The average Bonchev–Trinajstić information content (AvgIpc) is 2.42. The quantitative estimate of drug-likeness (QED) is 0.646. The second-order valence-electron chi connectivity index (χ2n) is 5.01. The standard InChI is InChI=1S/C13H24N2O4/c1-10(11(2)13(17)18)12(16)14-4-3-5-15-6-8-19-9-7-15/h10-11H,3-9H2,1-2H3,(H,14,16)(H,17,18). The zero-order valence-corrected chi connectivity index (χ0v) is 11.7. The maximum atomic E-state index is 11.7. The fraction of sp³-hybridized carbons (Fsp3) is 0.846. The number of hydrogen-bond acceptors (Lipinski definition) is 4. The van der Waals surface area contributed by atoms with Gasteiger partial charge >= 0.3 is 5.97 Å². The molecule has 2 unspecified atom stereocenters. The van der Waals surface area contributed by atoms with E-state index in [1.165, 1.54) is 0 Å². The Morgan fingerprint density at radius 2 is 1.89 bits per heavy atom. The highest BCUT2D eigenvalue weighted by Crippen LogP contribution is 2.10. The summed E-state index contributed by atoms with van der Waals surface area (Å²) in [7, 11) is 0. The van der Waals surface area contributed by atoms with E-state index in [2.05, 4.69) is 10.2 Å². The lowest BCUT2D eigenvalue weighted by Crippen LogP contribution is -2.39. The zero-order valence-electron chi connectivity index (χ0n) is 11.7. The molecular weight excluding hydrogens is 248 g/mol. The van der Waals surface area contributed by atoms with Crippen molar-refractivity contribution in [2.45, 2.75) is 20.3 Å². The van der Waals surface area contributed by atoms with Crippen molar-refractivity contribution in [1.29, 1.82) is 0 Å². The molecule has 1 aliphatic heterocycles. The molecule has 1 heterocycles. The summed E-state index contributed by atoms with van der Waals surface area (Å²) in [4.78, 5) is 24.8. The van der Waals surface area contributed by atoms with Crippen molar-refractivity contribution in [1.82, 2.24) is 10.2 Å². The number of ether oxygens (including phenoxy) is 1. The molecule has 1 fully saturated rings. The highest BCUT2D eigenvalue weighted by Gasteiger charge is 2.25. The molecule has 6 heteroatoms. The second kappa shape index (κ2) is 8.12. The predicted octanol–water partition coefficient (Wildman–Crippen LogP) is 0.182. The monoisotopic (exact) mass is 272 g/mol. The van der Waals surface area contributed by atoms with Crippen molar-refractivity contribution >= 4 is 11.9 Å². The van der Waals surface area contributed by atoms with Crippen LogP contribution in [-0.4, -0.2) is 61.3 Å². The molecule has 0 aromatic carbocycles. The smallest absolute Gasteiger partial charge is 0.307 e. The number of carboxylic acids is 1. The second-order valence-corrected chi connectivity index (χ2v) is 5.01. The van der Waals surface area contributed by atoms with Crippen molar-refractivity contribution in [2.24, 2.45) is 11.8 Å². The molecule has 19 heavy (non-hydrogen) atoms. The van der Waals surface area contributed by atoms with Crippen molar-refractivity contribution in [3.8, 4) is 0 Å². The van der Waals surface area contributed by atoms with E-state index in [4.69, 9.17) is 9.84 Å². The first-order valence-electron chi connectivity index (χ1n) is 6.83. The van der Waals surface area contributed by atoms with Gasteiger partial charge in [0, 0.05) is 25.6 Å². The van der Waals surface area contributed by atoms with Gasteiger partial charge in [0.1, 0.15) is 0 Å². The fourth-order valence-electron chi connectivity index (χ4n) is 1.94. The van der Waals surface area contributed by atoms with E-state index in [9.17, 15) is 9.59 Å². The third kappa shape index (κ3) is 5.57. The maximum Gasteiger partial charge on any atom is 0.307 e. The number of rotatable bonds is 7. The molecule has 1 aliphatic rings. The molecule has 2 N–H and O–H groups in total. The van der Waals surface area contributed by atoms with Crippen LogP contribution < -0.4 is 5.32 Å². The van der Waals surface area contributed by atoms with Gasteiger partial charge in [-0.3, -0.25) is 14.5 Å². The zero-order chi connectivity index (χ0) is 14.3. The average molecular weight is 272 g/mol. The minimum atomic E-state index is -0.934. The van der Waals surface area contributed by atoms with Crippen LogP contribution in [0.4, 0.5) is 0 Å². The van der Waals surface area contributed by atoms with Gasteiger partial charge in [0.05, 0.1) is 19.1 Å². The first kappa shape index (κ1) is 15.9. The largest absolute Gasteiger partial charge is 0.481 e. The van der Waals surface area contributed by atoms with Crippen LogP contribution >= 0.6 is 0 Å². The summed E-state index contributed by atoms with van der Waals surface area (Å²) >= 11 is 0. The molecule has 0 aliphatic carbocycles. The van der Waals surface area contributed by atoms with Crippen molar-refractivity contribution < 1.29 is 19.4 Å². The Labute approximate surface area is 114 Å². The van der Waals surface area contributed by atoms with Gasteiger partial charge in [-0.1, -0.05) is 13.8 Å². The highest BCUT2D eigenvalue weighted by atomic mass is 16.5. The molecule has 6 nitrogen and oxygen atoms in total. The number of nitrogens with zero attached hydrogens (tertiary/aromatic N) is 1. The molecule has 2 atom stereocenters. The Morgan fingerprint density at radius 3 is 2.47 bits per heavy atom. The summed E-state index contributed by atoms with van der Waals surface area (Å²) in [5, 5.41) is 11.6. The summed E-state index contributed by atoms with van der Waals surface area (Å²) in [5.74, 6) is -2.27. The van der Waals surface area contributed by atoms with Crippen LogP contribution in [0.25, 0.3) is 0 Å². The number of nitrogens with one attached hydrogen (secondary N) is 1. The van der Waals surface area contributed by atoms with Crippen LogP contribution in [0, 0.1) is 11.8 Å². The summed E-state index contributed by atoms with van der Waals surface area (Å²) in [5.41, 5.74) is 0. The Morgan fingerprint density at radius 1 is 1.26 bits per heavy atom. The minimum absolute atomic E-state index is 0.183. The van der Waals surface area contributed by atoms with Gasteiger partial charge in [-0.2, -0.15) is 0 Å². The normalized spacial score (nSPS) is 19.7. The van der Waals surface area contributed by atoms with Gasteiger partial charge in [-0.25, -0.2) is 0 Å². The third-order valence-electron chi connectivity index (χ3n) is 3.61. The lowest BCUT2D eigenvalue weighted by molar-refractivity contribution is -0.146. The number of aliphatic carboxylic acids is 1. The summed E-state index contributed by atoms with van der Waals surface area (Å²) in [6, 6.07) is 0. The van der Waals surface area contributed by atoms with Gasteiger partial charge in [0.25, 0.3) is 0 Å². The van der Waals surface area contributed by atoms with E-state index in [1.54, 1.807) is 13.8 Å². The van der Waals surface area contributed by atoms with E-state index < -0.39 is 17.8 Å². The molecule has 0 spiro atoms. The predicted molar refractivity (Wildman–Crippen MR) is 70.8 cm³/mol. The van der Waals surface area contributed by atoms with E-state index >= 15 is 0 Å². The topological polar surface area (TPSA) is 78.9 Å². The first-order chi connectivity index (χ1) is 9.02. The maximum absolute atomic E-state index is 11.7. The molecule has 1 saturated heterocycles.